The molecule has 144 valence electrons. The first-order valence-electron chi connectivity index (χ1n) is 7.70. The minimum atomic E-state index is -4.83. The number of methoxy groups -OCH3 is 1. The van der Waals surface area contributed by atoms with Gasteiger partial charge in [-0.05, 0) is 43.3 Å². The van der Waals surface area contributed by atoms with Crippen LogP contribution in [0.15, 0.2) is 48.5 Å². The van der Waals surface area contributed by atoms with Gasteiger partial charge in [0.1, 0.15) is 11.5 Å². The fraction of sp³-hybridized carbons (Fsp3) is 0.222. The van der Waals surface area contributed by atoms with Gasteiger partial charge in [0.25, 0.3) is 5.91 Å². The quantitative estimate of drug-likeness (QED) is 0.769. The van der Waals surface area contributed by atoms with Crippen molar-refractivity contribution in [2.75, 3.05) is 12.4 Å². The standard InChI is InChI=1S/C18H16F3NO5/c1-11(16(23)22-14-5-3-4-6-15(14)25-2)26-17(24)12-7-9-13(10-8-12)27-18(19,20)21/h3-11H,1-2H3,(H,22,23)/t11-/m0/s1. The van der Waals surface area contributed by atoms with Crippen molar-refractivity contribution in [3.8, 4) is 11.5 Å². The first-order chi connectivity index (χ1) is 12.7. The van der Waals surface area contributed by atoms with Crippen LogP contribution in [0.5, 0.6) is 11.5 Å². The first-order valence-corrected chi connectivity index (χ1v) is 7.70. The molecule has 1 atom stereocenters. The molecule has 0 heterocycles. The summed E-state index contributed by atoms with van der Waals surface area (Å²) in [4.78, 5) is 24.2. The largest absolute Gasteiger partial charge is 0.573 e. The predicted octanol–water partition coefficient (Wildman–Crippen LogP) is 3.78. The molecule has 9 heteroatoms. The van der Waals surface area contributed by atoms with Gasteiger partial charge in [-0.1, -0.05) is 12.1 Å². The monoisotopic (exact) mass is 383 g/mol. The fourth-order valence-corrected chi connectivity index (χ4v) is 2.06. The Kier molecular flexibility index (Phi) is 6.27. The summed E-state index contributed by atoms with van der Waals surface area (Å²) in [5.74, 6) is -1.49. The van der Waals surface area contributed by atoms with E-state index in [1.54, 1.807) is 24.3 Å². The van der Waals surface area contributed by atoms with Crippen LogP contribution in [0.3, 0.4) is 0 Å². The number of halogens is 3. The molecule has 1 N–H and O–H groups in total. The van der Waals surface area contributed by atoms with E-state index in [1.165, 1.54) is 14.0 Å². The van der Waals surface area contributed by atoms with Crippen molar-refractivity contribution in [3.05, 3.63) is 54.1 Å². The fourth-order valence-electron chi connectivity index (χ4n) is 2.06. The Hall–Kier alpha value is -3.23. The van der Waals surface area contributed by atoms with Gasteiger partial charge in [0.15, 0.2) is 6.10 Å². The number of ether oxygens (including phenoxy) is 3. The van der Waals surface area contributed by atoms with Gasteiger partial charge in [-0.25, -0.2) is 4.79 Å². The van der Waals surface area contributed by atoms with Crippen LogP contribution in [-0.4, -0.2) is 31.5 Å². The van der Waals surface area contributed by atoms with Crippen LogP contribution in [0.2, 0.25) is 0 Å². The maximum Gasteiger partial charge on any atom is 0.573 e. The van der Waals surface area contributed by atoms with Gasteiger partial charge in [-0.3, -0.25) is 4.79 Å². The van der Waals surface area contributed by atoms with Gasteiger partial charge >= 0.3 is 12.3 Å². The number of rotatable bonds is 6. The highest BCUT2D eigenvalue weighted by molar-refractivity contribution is 5.98. The molecule has 6 nitrogen and oxygen atoms in total. The zero-order chi connectivity index (χ0) is 20.0. The normalized spacial score (nSPS) is 12.0. The molecular formula is C18H16F3NO5. The molecule has 1 amide bonds. The van der Waals surface area contributed by atoms with Gasteiger partial charge in [0.2, 0.25) is 0 Å². The summed E-state index contributed by atoms with van der Waals surface area (Å²) in [7, 11) is 1.45. The summed E-state index contributed by atoms with van der Waals surface area (Å²) in [6.07, 6.45) is -5.97. The number of carbonyl (C=O) groups excluding carboxylic acids is 2. The van der Waals surface area contributed by atoms with Crippen LogP contribution in [0.4, 0.5) is 18.9 Å². The molecule has 0 bridgehead atoms. The smallest absolute Gasteiger partial charge is 0.495 e. The molecule has 0 unspecified atom stereocenters. The van der Waals surface area contributed by atoms with Crippen molar-refractivity contribution in [3.63, 3.8) is 0 Å². The van der Waals surface area contributed by atoms with E-state index in [1.807, 2.05) is 0 Å². The zero-order valence-electron chi connectivity index (χ0n) is 14.4. The number of hydrogen-bond acceptors (Lipinski definition) is 5. The number of hydrogen-bond donors (Lipinski definition) is 1. The number of benzene rings is 2. The van der Waals surface area contributed by atoms with Crippen LogP contribution < -0.4 is 14.8 Å². The SMILES string of the molecule is COc1ccccc1NC(=O)[C@H](C)OC(=O)c1ccc(OC(F)(F)F)cc1. The number of carbonyl (C=O) groups is 2. The molecule has 0 spiro atoms. The van der Waals surface area contributed by atoms with Crippen LogP contribution in [0, 0.1) is 0 Å². The highest BCUT2D eigenvalue weighted by Crippen LogP contribution is 2.24. The van der Waals surface area contributed by atoms with Crippen LogP contribution >= 0.6 is 0 Å². The van der Waals surface area contributed by atoms with Crippen molar-refractivity contribution in [2.45, 2.75) is 19.4 Å². The second-order valence-corrected chi connectivity index (χ2v) is 5.31. The summed E-state index contributed by atoms with van der Waals surface area (Å²) in [5.41, 5.74) is 0.378. The highest BCUT2D eigenvalue weighted by Gasteiger charge is 2.31. The van der Waals surface area contributed by atoms with E-state index in [9.17, 15) is 22.8 Å². The number of esters is 1. The van der Waals surface area contributed by atoms with Crippen molar-refractivity contribution in [2.24, 2.45) is 0 Å². The Morgan fingerprint density at radius 3 is 2.26 bits per heavy atom. The predicted molar refractivity (Wildman–Crippen MR) is 89.6 cm³/mol. The highest BCUT2D eigenvalue weighted by atomic mass is 19.4. The zero-order valence-corrected chi connectivity index (χ0v) is 14.4. The summed E-state index contributed by atoms with van der Waals surface area (Å²) in [6, 6.07) is 10.8. The van der Waals surface area contributed by atoms with Gasteiger partial charge < -0.3 is 19.5 Å². The summed E-state index contributed by atoms with van der Waals surface area (Å²) >= 11 is 0. The lowest BCUT2D eigenvalue weighted by atomic mass is 10.2. The van der Waals surface area contributed by atoms with E-state index < -0.39 is 30.1 Å². The molecule has 2 rings (SSSR count). The lowest BCUT2D eigenvalue weighted by Crippen LogP contribution is -2.30. The van der Waals surface area contributed by atoms with Gasteiger partial charge in [-0.2, -0.15) is 0 Å². The van der Waals surface area contributed by atoms with Crippen molar-refractivity contribution in [1.29, 1.82) is 0 Å². The van der Waals surface area contributed by atoms with Gasteiger partial charge in [0.05, 0.1) is 18.4 Å². The first kappa shape index (κ1) is 20.1. The third kappa shape index (κ3) is 5.91. The Labute approximate surface area is 152 Å². The molecule has 0 aromatic heterocycles. The van der Waals surface area contributed by atoms with E-state index in [2.05, 4.69) is 10.1 Å². The molecule has 2 aromatic carbocycles. The van der Waals surface area contributed by atoms with E-state index in [4.69, 9.17) is 9.47 Å². The second kappa shape index (κ2) is 8.43. The Morgan fingerprint density at radius 2 is 1.67 bits per heavy atom. The van der Waals surface area contributed by atoms with Crippen molar-refractivity contribution < 1.29 is 37.0 Å². The molecule has 2 aromatic rings. The Balaban J connectivity index is 1.97. The molecule has 0 fully saturated rings. The third-order valence-electron chi connectivity index (χ3n) is 3.34. The lowest BCUT2D eigenvalue weighted by molar-refractivity contribution is -0.274. The Morgan fingerprint density at radius 1 is 1.04 bits per heavy atom. The Bertz CT molecular complexity index is 805. The van der Waals surface area contributed by atoms with E-state index in [0.717, 1.165) is 24.3 Å². The van der Waals surface area contributed by atoms with Crippen molar-refractivity contribution >= 4 is 17.6 Å². The number of anilines is 1. The number of amides is 1. The molecule has 0 radical (unpaired) electrons. The summed E-state index contributed by atoms with van der Waals surface area (Å²) in [6.45, 7) is 1.36. The van der Waals surface area contributed by atoms with Gasteiger partial charge in [0, 0.05) is 0 Å². The maximum atomic E-state index is 12.2. The molecule has 0 saturated heterocycles. The van der Waals surface area contributed by atoms with Crippen LogP contribution in [0.25, 0.3) is 0 Å². The van der Waals surface area contributed by atoms with E-state index in [-0.39, 0.29) is 5.56 Å². The molecule has 0 saturated carbocycles. The molecule has 27 heavy (non-hydrogen) atoms. The molecule has 0 aliphatic carbocycles. The summed E-state index contributed by atoms with van der Waals surface area (Å²) < 4.78 is 50.2. The molecule has 0 aliphatic rings. The average Bonchev–Trinajstić information content (AvgIpc) is 2.61. The minimum absolute atomic E-state index is 0.0264. The van der Waals surface area contributed by atoms with Gasteiger partial charge in [-0.15, -0.1) is 13.2 Å². The van der Waals surface area contributed by atoms with E-state index in [0.29, 0.717) is 11.4 Å². The van der Waals surface area contributed by atoms with Crippen molar-refractivity contribution in [1.82, 2.24) is 0 Å². The number of para-hydroxylation sites is 2. The topological polar surface area (TPSA) is 73.9 Å². The maximum absolute atomic E-state index is 12.2. The number of nitrogens with one attached hydrogen (secondary N) is 1. The van der Waals surface area contributed by atoms with E-state index >= 15 is 0 Å². The van der Waals surface area contributed by atoms with Crippen LogP contribution in [-0.2, 0) is 9.53 Å². The average molecular weight is 383 g/mol. The molecule has 0 aliphatic heterocycles. The minimum Gasteiger partial charge on any atom is -0.495 e. The molecular weight excluding hydrogens is 367 g/mol. The van der Waals surface area contributed by atoms with Crippen LogP contribution in [0.1, 0.15) is 17.3 Å². The number of alkyl halides is 3. The second-order valence-electron chi connectivity index (χ2n) is 5.31. The lowest BCUT2D eigenvalue weighted by Gasteiger charge is -2.15. The third-order valence-corrected chi connectivity index (χ3v) is 3.34. The summed E-state index contributed by atoms with van der Waals surface area (Å²) in [5, 5.41) is 2.57.